The Hall–Kier alpha value is -1.74. The molecule has 0 aliphatic rings. The van der Waals surface area contributed by atoms with Crippen LogP contribution in [0.4, 0.5) is 0 Å². The summed E-state index contributed by atoms with van der Waals surface area (Å²) in [6, 6.07) is 12.6. The monoisotopic (exact) mass is 244 g/mol. The van der Waals surface area contributed by atoms with Crippen LogP contribution < -0.4 is 10.1 Å². The molecule has 0 spiro atoms. The van der Waals surface area contributed by atoms with Crippen LogP contribution in [0.3, 0.4) is 0 Å². The van der Waals surface area contributed by atoms with Crippen LogP contribution in [0.2, 0.25) is 0 Å². The first kappa shape index (κ1) is 12.7. The number of benzene rings is 1. The predicted molar refractivity (Wildman–Crippen MR) is 73.7 cm³/mol. The van der Waals surface area contributed by atoms with E-state index in [1.54, 1.807) is 7.11 Å². The second-order valence-corrected chi connectivity index (χ2v) is 4.45. The molecule has 0 bridgehead atoms. The molecular weight excluding hydrogens is 224 g/mol. The zero-order valence-corrected chi connectivity index (χ0v) is 11.2. The van der Waals surface area contributed by atoms with E-state index in [9.17, 15) is 0 Å². The summed E-state index contributed by atoms with van der Waals surface area (Å²) in [5, 5.41) is 3.52. The van der Waals surface area contributed by atoms with Crippen LogP contribution >= 0.6 is 0 Å². The molecule has 3 nitrogen and oxygen atoms in total. The third-order valence-corrected chi connectivity index (χ3v) is 3.25. The molecule has 18 heavy (non-hydrogen) atoms. The normalized spacial score (nSPS) is 12.4. The largest absolute Gasteiger partial charge is 0.496 e. The van der Waals surface area contributed by atoms with Crippen molar-refractivity contribution in [1.29, 1.82) is 0 Å². The fourth-order valence-electron chi connectivity index (χ4n) is 2.07. The molecule has 2 aromatic rings. The lowest BCUT2D eigenvalue weighted by Crippen LogP contribution is -2.20. The first-order valence-corrected chi connectivity index (χ1v) is 6.19. The van der Waals surface area contributed by atoms with Crippen molar-refractivity contribution in [3.8, 4) is 5.75 Å². The molecule has 0 unspecified atom stereocenters. The molecule has 3 heteroatoms. The van der Waals surface area contributed by atoms with E-state index in [0.717, 1.165) is 12.3 Å². The van der Waals surface area contributed by atoms with Crippen molar-refractivity contribution in [2.45, 2.75) is 19.5 Å². The van der Waals surface area contributed by atoms with Gasteiger partial charge in [0.05, 0.1) is 7.11 Å². The van der Waals surface area contributed by atoms with Crippen molar-refractivity contribution >= 4 is 0 Å². The van der Waals surface area contributed by atoms with Crippen LogP contribution in [0, 0.1) is 0 Å². The zero-order valence-electron chi connectivity index (χ0n) is 11.2. The Morgan fingerprint density at radius 1 is 1.22 bits per heavy atom. The minimum atomic E-state index is 0.260. The lowest BCUT2D eigenvalue weighted by atomic mass is 10.1. The van der Waals surface area contributed by atoms with Crippen molar-refractivity contribution in [3.63, 3.8) is 0 Å². The van der Waals surface area contributed by atoms with Gasteiger partial charge in [0.1, 0.15) is 5.75 Å². The molecule has 0 aliphatic carbocycles. The molecule has 0 aliphatic heterocycles. The van der Waals surface area contributed by atoms with Gasteiger partial charge in [0, 0.05) is 37.1 Å². The van der Waals surface area contributed by atoms with Crippen LogP contribution in [0.1, 0.15) is 24.2 Å². The highest BCUT2D eigenvalue weighted by Gasteiger charge is 2.10. The average molecular weight is 244 g/mol. The van der Waals surface area contributed by atoms with E-state index in [-0.39, 0.29) is 6.04 Å². The van der Waals surface area contributed by atoms with Gasteiger partial charge >= 0.3 is 0 Å². The van der Waals surface area contributed by atoms with Gasteiger partial charge in [-0.15, -0.1) is 0 Å². The molecule has 1 aromatic heterocycles. The number of aryl methyl sites for hydroxylation is 1. The summed E-state index contributed by atoms with van der Waals surface area (Å²) in [5.74, 6) is 0.935. The molecule has 0 amide bonds. The van der Waals surface area contributed by atoms with Crippen molar-refractivity contribution in [1.82, 2.24) is 9.88 Å². The van der Waals surface area contributed by atoms with Crippen LogP contribution in [-0.2, 0) is 13.6 Å². The molecule has 96 valence electrons. The highest BCUT2D eigenvalue weighted by atomic mass is 16.5. The van der Waals surface area contributed by atoms with E-state index in [1.165, 1.54) is 11.3 Å². The molecule has 2 rings (SSSR count). The first-order valence-electron chi connectivity index (χ1n) is 6.19. The summed E-state index contributed by atoms with van der Waals surface area (Å²) in [5.41, 5.74) is 2.46. The van der Waals surface area contributed by atoms with E-state index >= 15 is 0 Å². The first-order chi connectivity index (χ1) is 8.72. The number of hydrogen-bond acceptors (Lipinski definition) is 2. The van der Waals surface area contributed by atoms with Gasteiger partial charge in [-0.1, -0.05) is 18.2 Å². The van der Waals surface area contributed by atoms with Gasteiger partial charge in [-0.25, -0.2) is 0 Å². The number of hydrogen-bond donors (Lipinski definition) is 1. The quantitative estimate of drug-likeness (QED) is 0.875. The van der Waals surface area contributed by atoms with E-state index in [2.05, 4.69) is 48.3 Å². The van der Waals surface area contributed by atoms with Gasteiger partial charge in [-0.3, -0.25) is 0 Å². The SMILES string of the molecule is COc1ccccc1[C@@H](C)NCc1cccn1C. The van der Waals surface area contributed by atoms with Crippen LogP contribution in [-0.4, -0.2) is 11.7 Å². The Morgan fingerprint density at radius 3 is 2.67 bits per heavy atom. The Balaban J connectivity index is 2.03. The van der Waals surface area contributed by atoms with Gasteiger partial charge < -0.3 is 14.6 Å². The van der Waals surface area contributed by atoms with Crippen LogP contribution in [0.5, 0.6) is 5.75 Å². The van der Waals surface area contributed by atoms with Crippen LogP contribution in [0.15, 0.2) is 42.6 Å². The zero-order chi connectivity index (χ0) is 13.0. The molecule has 0 radical (unpaired) electrons. The van der Waals surface area contributed by atoms with Gasteiger partial charge in [-0.2, -0.15) is 0 Å². The van der Waals surface area contributed by atoms with Gasteiger partial charge in [0.2, 0.25) is 0 Å². The molecule has 0 saturated heterocycles. The number of para-hydroxylation sites is 1. The highest BCUT2D eigenvalue weighted by Crippen LogP contribution is 2.24. The lowest BCUT2D eigenvalue weighted by molar-refractivity contribution is 0.401. The summed E-state index contributed by atoms with van der Waals surface area (Å²) in [6.45, 7) is 3.00. The molecule has 1 N–H and O–H groups in total. The second-order valence-electron chi connectivity index (χ2n) is 4.45. The molecule has 0 saturated carbocycles. The molecule has 1 heterocycles. The van der Waals surface area contributed by atoms with Crippen molar-refractivity contribution < 1.29 is 4.74 Å². The smallest absolute Gasteiger partial charge is 0.123 e. The minimum absolute atomic E-state index is 0.260. The number of rotatable bonds is 5. The van der Waals surface area contributed by atoms with E-state index in [0.29, 0.717) is 0 Å². The van der Waals surface area contributed by atoms with Crippen molar-refractivity contribution in [3.05, 3.63) is 53.9 Å². The highest BCUT2D eigenvalue weighted by molar-refractivity contribution is 5.35. The molecule has 1 aromatic carbocycles. The van der Waals surface area contributed by atoms with E-state index < -0.39 is 0 Å². The molecule has 0 fully saturated rings. The lowest BCUT2D eigenvalue weighted by Gasteiger charge is -2.17. The number of nitrogens with one attached hydrogen (secondary N) is 1. The Morgan fingerprint density at radius 2 is 2.00 bits per heavy atom. The summed E-state index contributed by atoms with van der Waals surface area (Å²) in [7, 11) is 3.77. The van der Waals surface area contributed by atoms with Gasteiger partial charge in [0.15, 0.2) is 0 Å². The Labute approximate surface area is 108 Å². The van der Waals surface area contributed by atoms with E-state index in [1.807, 2.05) is 18.2 Å². The second kappa shape index (κ2) is 5.74. The Kier molecular flexibility index (Phi) is 4.05. The third-order valence-electron chi connectivity index (χ3n) is 3.25. The summed E-state index contributed by atoms with van der Waals surface area (Å²) in [6.07, 6.45) is 2.06. The van der Waals surface area contributed by atoms with Crippen molar-refractivity contribution in [2.75, 3.05) is 7.11 Å². The predicted octanol–water partition coefficient (Wildman–Crippen LogP) is 2.88. The number of ether oxygens (including phenoxy) is 1. The summed E-state index contributed by atoms with van der Waals surface area (Å²) in [4.78, 5) is 0. The maximum Gasteiger partial charge on any atom is 0.123 e. The maximum absolute atomic E-state index is 5.38. The fraction of sp³-hybridized carbons (Fsp3) is 0.333. The average Bonchev–Trinajstić information content (AvgIpc) is 2.81. The topological polar surface area (TPSA) is 26.2 Å². The van der Waals surface area contributed by atoms with Crippen LogP contribution in [0.25, 0.3) is 0 Å². The van der Waals surface area contributed by atoms with Gasteiger partial charge in [0.25, 0.3) is 0 Å². The number of nitrogens with zero attached hydrogens (tertiary/aromatic N) is 1. The standard InChI is InChI=1S/C15H20N2O/c1-12(14-8-4-5-9-15(14)18-3)16-11-13-7-6-10-17(13)2/h4-10,12,16H,11H2,1-3H3/t12-/m1/s1. The molecular formula is C15H20N2O. The fourth-order valence-corrected chi connectivity index (χ4v) is 2.07. The summed E-state index contributed by atoms with van der Waals surface area (Å²) >= 11 is 0. The van der Waals surface area contributed by atoms with Crippen molar-refractivity contribution in [2.24, 2.45) is 7.05 Å². The maximum atomic E-state index is 5.38. The Bertz CT molecular complexity index is 505. The summed E-state index contributed by atoms with van der Waals surface area (Å²) < 4.78 is 7.51. The minimum Gasteiger partial charge on any atom is -0.496 e. The number of aromatic nitrogens is 1. The van der Waals surface area contributed by atoms with Gasteiger partial charge in [-0.05, 0) is 25.1 Å². The third kappa shape index (κ3) is 2.74. The molecule has 1 atom stereocenters. The van der Waals surface area contributed by atoms with E-state index in [4.69, 9.17) is 4.74 Å². The number of methoxy groups -OCH3 is 1.